The fraction of sp³-hybridized carbons (Fsp3) is 0.189. The number of benzene rings is 3. The molecule has 0 fully saturated rings. The van der Waals surface area contributed by atoms with Crippen molar-refractivity contribution in [2.45, 2.75) is 33.1 Å². The molecule has 0 radical (unpaired) electrons. The van der Waals surface area contributed by atoms with Gasteiger partial charge in [0.1, 0.15) is 0 Å². The van der Waals surface area contributed by atoms with Gasteiger partial charge >= 0.3 is 11.9 Å². The number of para-hydroxylation sites is 1. The van der Waals surface area contributed by atoms with Crippen LogP contribution in [0.25, 0.3) is 28.2 Å². The van der Waals surface area contributed by atoms with Crippen LogP contribution < -0.4 is 0 Å². The molecule has 1 aliphatic rings. The van der Waals surface area contributed by atoms with Crippen LogP contribution >= 0.6 is 11.6 Å². The van der Waals surface area contributed by atoms with Gasteiger partial charge in [0, 0.05) is 33.0 Å². The van der Waals surface area contributed by atoms with Crippen molar-refractivity contribution in [1.29, 1.82) is 0 Å². The summed E-state index contributed by atoms with van der Waals surface area (Å²) in [4.78, 5) is 44.0. The Kier molecular flexibility index (Phi) is 8.37. The lowest BCUT2D eigenvalue weighted by Crippen LogP contribution is -2.19. The molecule has 0 amide bonds. The second kappa shape index (κ2) is 12.5. The number of carbonyl (C=O) groups excluding carboxylic acids is 3. The minimum Gasteiger partial charge on any atom is -0.465 e. The molecule has 0 saturated heterocycles. The van der Waals surface area contributed by atoms with E-state index in [1.165, 1.54) is 7.11 Å². The van der Waals surface area contributed by atoms with E-state index in [4.69, 9.17) is 26.1 Å². The molecule has 5 aromatic rings. The van der Waals surface area contributed by atoms with Crippen molar-refractivity contribution in [2.75, 3.05) is 13.7 Å². The summed E-state index contributed by atoms with van der Waals surface area (Å²) in [7, 11) is 1.34. The number of ether oxygens (including phenoxy) is 2. The summed E-state index contributed by atoms with van der Waals surface area (Å²) >= 11 is 6.09. The number of esters is 2. The zero-order valence-corrected chi connectivity index (χ0v) is 26.0. The molecule has 0 saturated carbocycles. The third kappa shape index (κ3) is 5.91. The first-order valence-corrected chi connectivity index (χ1v) is 15.1. The maximum absolute atomic E-state index is 13.8. The normalized spacial score (nSPS) is 13.5. The zero-order valence-electron chi connectivity index (χ0n) is 25.2. The van der Waals surface area contributed by atoms with Crippen LogP contribution in [0.15, 0.2) is 78.9 Å². The third-order valence-electron chi connectivity index (χ3n) is 8.20. The molecule has 7 nitrogen and oxygen atoms in total. The molecule has 0 spiro atoms. The first kappa shape index (κ1) is 30.0. The number of aryl methyl sites for hydroxylation is 1. The Hall–Kier alpha value is -5.01. The summed E-state index contributed by atoms with van der Waals surface area (Å²) in [6.07, 6.45) is 4.46. The standard InChI is InChI=1S/C37H31ClN2O5/c1-22-19-31(23(2)40(22)28-17-13-25(14-18-28)36(42)44-3)33(41)21-45-37(43)34-29-8-4-5-10-32(29)39-35-26(7-6-9-30(34)35)20-24-11-15-27(38)16-12-24/h4-5,8,10-20H,6-7,9,21H2,1-3H3. The molecule has 8 heteroatoms. The Labute approximate surface area is 266 Å². The van der Waals surface area contributed by atoms with E-state index in [1.807, 2.05) is 66.9 Å². The van der Waals surface area contributed by atoms with Crippen molar-refractivity contribution < 1.29 is 23.9 Å². The predicted molar refractivity (Wildman–Crippen MR) is 175 cm³/mol. The largest absolute Gasteiger partial charge is 0.465 e. The van der Waals surface area contributed by atoms with Gasteiger partial charge in [-0.05, 0) is 104 Å². The number of halogens is 1. The van der Waals surface area contributed by atoms with Gasteiger partial charge in [0.15, 0.2) is 6.61 Å². The molecule has 226 valence electrons. The first-order valence-electron chi connectivity index (χ1n) is 14.7. The second-order valence-corrected chi connectivity index (χ2v) is 11.5. The fourth-order valence-electron chi connectivity index (χ4n) is 6.06. The number of ketones is 1. The van der Waals surface area contributed by atoms with Crippen LogP contribution in [0.2, 0.25) is 5.02 Å². The number of nitrogens with zero attached hydrogens (tertiary/aromatic N) is 2. The number of hydrogen-bond acceptors (Lipinski definition) is 6. The van der Waals surface area contributed by atoms with E-state index >= 15 is 0 Å². The Morgan fingerprint density at radius 1 is 0.933 bits per heavy atom. The molecule has 45 heavy (non-hydrogen) atoms. The maximum atomic E-state index is 13.8. The quantitative estimate of drug-likeness (QED) is 0.136. The number of aromatic nitrogens is 2. The predicted octanol–water partition coefficient (Wildman–Crippen LogP) is 8.00. The van der Waals surface area contributed by atoms with E-state index in [2.05, 4.69) is 6.08 Å². The van der Waals surface area contributed by atoms with E-state index in [0.29, 0.717) is 44.7 Å². The first-order chi connectivity index (χ1) is 21.7. The summed E-state index contributed by atoms with van der Waals surface area (Å²) in [6, 6.07) is 23.9. The van der Waals surface area contributed by atoms with Gasteiger partial charge in [0.05, 0.1) is 29.4 Å². The monoisotopic (exact) mass is 618 g/mol. The van der Waals surface area contributed by atoms with Crippen LogP contribution in [0.4, 0.5) is 0 Å². The van der Waals surface area contributed by atoms with Gasteiger partial charge in [-0.3, -0.25) is 4.79 Å². The SMILES string of the molecule is COC(=O)c1ccc(-n2c(C)cc(C(=O)COC(=O)c3c4c(nc5ccccc35)C(=Cc3ccc(Cl)cc3)CCC4)c2C)cc1. The summed E-state index contributed by atoms with van der Waals surface area (Å²) in [5.74, 6) is -1.26. The number of carbonyl (C=O) groups is 3. The summed E-state index contributed by atoms with van der Waals surface area (Å²) in [5, 5.41) is 1.37. The van der Waals surface area contributed by atoms with Gasteiger partial charge in [0.2, 0.25) is 5.78 Å². The highest BCUT2D eigenvalue weighted by Gasteiger charge is 2.27. The van der Waals surface area contributed by atoms with Crippen LogP contribution in [0.3, 0.4) is 0 Å². The second-order valence-electron chi connectivity index (χ2n) is 11.1. The maximum Gasteiger partial charge on any atom is 0.339 e. The smallest absolute Gasteiger partial charge is 0.339 e. The molecule has 0 atom stereocenters. The van der Waals surface area contributed by atoms with E-state index < -0.39 is 18.5 Å². The van der Waals surface area contributed by atoms with Crippen molar-refractivity contribution in [3.05, 3.63) is 129 Å². The number of rotatable bonds is 7. The number of hydrogen-bond donors (Lipinski definition) is 0. The molecular formula is C37H31ClN2O5. The number of Topliss-reactive ketones (excluding diaryl/α,β-unsaturated/α-hetero) is 1. The highest BCUT2D eigenvalue weighted by Crippen LogP contribution is 2.36. The van der Waals surface area contributed by atoms with Gasteiger partial charge in [-0.15, -0.1) is 0 Å². The van der Waals surface area contributed by atoms with Crippen molar-refractivity contribution in [2.24, 2.45) is 0 Å². The molecule has 6 rings (SSSR count). The molecule has 1 aliphatic carbocycles. The highest BCUT2D eigenvalue weighted by molar-refractivity contribution is 6.30. The summed E-state index contributed by atoms with van der Waals surface area (Å²) < 4.78 is 12.5. The van der Waals surface area contributed by atoms with Crippen LogP contribution in [-0.2, 0) is 15.9 Å². The van der Waals surface area contributed by atoms with Crippen LogP contribution in [0, 0.1) is 13.8 Å². The van der Waals surface area contributed by atoms with E-state index in [-0.39, 0.29) is 5.78 Å². The van der Waals surface area contributed by atoms with Crippen LogP contribution in [0.5, 0.6) is 0 Å². The molecule has 0 N–H and O–H groups in total. The molecule has 2 heterocycles. The number of methoxy groups -OCH3 is 1. The lowest BCUT2D eigenvalue weighted by atomic mass is 9.86. The summed E-state index contributed by atoms with van der Waals surface area (Å²) in [5.41, 5.74) is 8.07. The average Bonchev–Trinajstić information content (AvgIpc) is 3.36. The van der Waals surface area contributed by atoms with Crippen molar-refractivity contribution in [1.82, 2.24) is 9.55 Å². The van der Waals surface area contributed by atoms with Gasteiger partial charge in [0.25, 0.3) is 0 Å². The Balaban J connectivity index is 1.28. The Morgan fingerprint density at radius 3 is 2.40 bits per heavy atom. The number of allylic oxidation sites excluding steroid dienone is 1. The lowest BCUT2D eigenvalue weighted by Gasteiger charge is -2.22. The Bertz CT molecular complexity index is 1990. The van der Waals surface area contributed by atoms with Crippen molar-refractivity contribution >= 4 is 51.9 Å². The molecule has 0 bridgehead atoms. The average molecular weight is 619 g/mol. The molecule has 0 aliphatic heterocycles. The van der Waals surface area contributed by atoms with Gasteiger partial charge in [-0.2, -0.15) is 0 Å². The minimum atomic E-state index is -0.543. The van der Waals surface area contributed by atoms with Gasteiger partial charge in [-0.25, -0.2) is 14.6 Å². The number of fused-ring (bicyclic) bond motifs is 2. The molecule has 3 aromatic carbocycles. The Morgan fingerprint density at radius 2 is 1.67 bits per heavy atom. The molecule has 0 unspecified atom stereocenters. The summed E-state index contributed by atoms with van der Waals surface area (Å²) in [6.45, 7) is 3.34. The van der Waals surface area contributed by atoms with Gasteiger partial charge < -0.3 is 14.0 Å². The third-order valence-corrected chi connectivity index (χ3v) is 8.45. The van der Waals surface area contributed by atoms with Gasteiger partial charge in [-0.1, -0.05) is 41.9 Å². The minimum absolute atomic E-state index is 0.301. The van der Waals surface area contributed by atoms with Crippen molar-refractivity contribution in [3.8, 4) is 5.69 Å². The van der Waals surface area contributed by atoms with E-state index in [9.17, 15) is 14.4 Å². The van der Waals surface area contributed by atoms with E-state index in [0.717, 1.165) is 46.6 Å². The zero-order chi connectivity index (χ0) is 31.7. The van der Waals surface area contributed by atoms with Crippen LogP contribution in [-0.4, -0.2) is 41.0 Å². The fourth-order valence-corrected chi connectivity index (χ4v) is 6.18. The van der Waals surface area contributed by atoms with Crippen molar-refractivity contribution in [3.63, 3.8) is 0 Å². The number of pyridine rings is 1. The van der Waals surface area contributed by atoms with E-state index in [1.54, 1.807) is 30.3 Å². The molecule has 2 aromatic heterocycles. The topological polar surface area (TPSA) is 87.5 Å². The highest BCUT2D eigenvalue weighted by atomic mass is 35.5. The van der Waals surface area contributed by atoms with Crippen LogP contribution in [0.1, 0.15) is 72.1 Å². The lowest BCUT2D eigenvalue weighted by molar-refractivity contribution is 0.0475. The molecular weight excluding hydrogens is 588 g/mol.